The Bertz CT molecular complexity index is 1370. The van der Waals surface area contributed by atoms with E-state index in [4.69, 9.17) is 4.98 Å². The highest BCUT2D eigenvalue weighted by Gasteiger charge is 2.13. The molecule has 0 saturated carbocycles. The van der Waals surface area contributed by atoms with Crippen LogP contribution < -0.4 is 5.32 Å². The fourth-order valence-corrected chi connectivity index (χ4v) is 3.45. The minimum atomic E-state index is -0.201. The van der Waals surface area contributed by atoms with E-state index in [0.717, 1.165) is 38.6 Å². The topological polar surface area (TPSA) is 83.6 Å². The molecule has 0 spiro atoms. The molecule has 4 aromatic heterocycles. The van der Waals surface area contributed by atoms with Gasteiger partial charge < -0.3 is 10.3 Å². The summed E-state index contributed by atoms with van der Waals surface area (Å²) in [5.41, 5.74) is 4.20. The molecule has 0 atom stereocenters. The first-order chi connectivity index (χ1) is 14.2. The number of carbonyl (C=O) groups is 1. The van der Waals surface area contributed by atoms with E-state index in [0.29, 0.717) is 11.4 Å². The van der Waals surface area contributed by atoms with E-state index in [1.807, 2.05) is 55.6 Å². The van der Waals surface area contributed by atoms with Crippen molar-refractivity contribution < 1.29 is 4.79 Å². The van der Waals surface area contributed by atoms with Gasteiger partial charge in [-0.25, -0.2) is 9.97 Å². The lowest BCUT2D eigenvalue weighted by Crippen LogP contribution is -2.13. The Balaban J connectivity index is 1.49. The molecule has 140 valence electrons. The molecule has 0 radical (unpaired) electrons. The lowest BCUT2D eigenvalue weighted by molar-refractivity contribution is 0.102. The Morgan fingerprint density at radius 1 is 1.00 bits per heavy atom. The largest absolute Gasteiger partial charge is 0.346 e. The SMILES string of the molecule is Cc1ccc(NC(=O)c2ccc3cnccc3c2)nc1-c1ccnc2[nH]ccc12. The van der Waals surface area contributed by atoms with E-state index in [-0.39, 0.29) is 5.91 Å². The Morgan fingerprint density at radius 3 is 2.86 bits per heavy atom. The number of fused-ring (bicyclic) bond motifs is 2. The van der Waals surface area contributed by atoms with Crippen molar-refractivity contribution in [1.29, 1.82) is 0 Å². The summed E-state index contributed by atoms with van der Waals surface area (Å²) < 4.78 is 0. The van der Waals surface area contributed by atoms with Crippen LogP contribution in [0.2, 0.25) is 0 Å². The molecule has 0 fully saturated rings. The van der Waals surface area contributed by atoms with Gasteiger partial charge in [0.15, 0.2) is 0 Å². The molecule has 0 aliphatic rings. The zero-order valence-electron chi connectivity index (χ0n) is 15.7. The van der Waals surface area contributed by atoms with Crippen LogP contribution in [0.3, 0.4) is 0 Å². The fraction of sp³-hybridized carbons (Fsp3) is 0.0435. The maximum atomic E-state index is 12.8. The minimum absolute atomic E-state index is 0.201. The summed E-state index contributed by atoms with van der Waals surface area (Å²) in [7, 11) is 0. The number of aryl methyl sites for hydroxylation is 1. The van der Waals surface area contributed by atoms with Crippen molar-refractivity contribution in [2.24, 2.45) is 0 Å². The first-order valence-corrected chi connectivity index (χ1v) is 9.24. The van der Waals surface area contributed by atoms with Crippen LogP contribution in [0.25, 0.3) is 33.1 Å². The van der Waals surface area contributed by atoms with E-state index in [1.54, 1.807) is 24.7 Å². The number of nitrogens with one attached hydrogen (secondary N) is 2. The molecule has 1 aromatic carbocycles. The van der Waals surface area contributed by atoms with E-state index < -0.39 is 0 Å². The monoisotopic (exact) mass is 379 g/mol. The zero-order chi connectivity index (χ0) is 19.8. The van der Waals surface area contributed by atoms with E-state index in [2.05, 4.69) is 20.3 Å². The van der Waals surface area contributed by atoms with Crippen LogP contribution in [0.1, 0.15) is 15.9 Å². The quantitative estimate of drug-likeness (QED) is 0.474. The summed E-state index contributed by atoms with van der Waals surface area (Å²) in [5.74, 6) is 0.304. The van der Waals surface area contributed by atoms with Crippen molar-refractivity contribution in [2.45, 2.75) is 6.92 Å². The third kappa shape index (κ3) is 3.10. The second-order valence-corrected chi connectivity index (χ2v) is 6.85. The predicted molar refractivity (Wildman–Crippen MR) is 114 cm³/mol. The van der Waals surface area contributed by atoms with Crippen LogP contribution in [0, 0.1) is 6.92 Å². The molecule has 1 amide bonds. The van der Waals surface area contributed by atoms with Gasteiger partial charge in [-0.05, 0) is 54.3 Å². The normalized spacial score (nSPS) is 11.1. The highest BCUT2D eigenvalue weighted by molar-refractivity contribution is 6.06. The van der Waals surface area contributed by atoms with Gasteiger partial charge in [-0.3, -0.25) is 9.78 Å². The number of anilines is 1. The Labute approximate surface area is 166 Å². The van der Waals surface area contributed by atoms with Gasteiger partial charge in [0.1, 0.15) is 11.5 Å². The van der Waals surface area contributed by atoms with Crippen LogP contribution in [0.4, 0.5) is 5.82 Å². The maximum absolute atomic E-state index is 12.8. The highest BCUT2D eigenvalue weighted by atomic mass is 16.1. The predicted octanol–water partition coefficient (Wildman–Crippen LogP) is 4.73. The maximum Gasteiger partial charge on any atom is 0.256 e. The van der Waals surface area contributed by atoms with Crippen LogP contribution in [-0.4, -0.2) is 25.8 Å². The van der Waals surface area contributed by atoms with Crippen molar-refractivity contribution in [1.82, 2.24) is 19.9 Å². The van der Waals surface area contributed by atoms with E-state index in [1.165, 1.54) is 0 Å². The third-order valence-corrected chi connectivity index (χ3v) is 4.96. The molecule has 0 bridgehead atoms. The summed E-state index contributed by atoms with van der Waals surface area (Å²) in [6.07, 6.45) is 7.11. The number of aromatic amines is 1. The average Bonchev–Trinajstić information content (AvgIpc) is 3.24. The first-order valence-electron chi connectivity index (χ1n) is 9.24. The molecule has 6 heteroatoms. The van der Waals surface area contributed by atoms with Gasteiger partial charge in [0.2, 0.25) is 0 Å². The van der Waals surface area contributed by atoms with Gasteiger partial charge in [0.05, 0.1) is 5.69 Å². The van der Waals surface area contributed by atoms with Crippen molar-refractivity contribution in [3.8, 4) is 11.3 Å². The zero-order valence-corrected chi connectivity index (χ0v) is 15.7. The summed E-state index contributed by atoms with van der Waals surface area (Å²) in [6, 6.07) is 15.1. The molecule has 2 N–H and O–H groups in total. The first kappa shape index (κ1) is 17.1. The van der Waals surface area contributed by atoms with Gasteiger partial charge in [-0.2, -0.15) is 0 Å². The van der Waals surface area contributed by atoms with Crippen LogP contribution in [0.5, 0.6) is 0 Å². The number of rotatable bonds is 3. The summed E-state index contributed by atoms with van der Waals surface area (Å²) in [5, 5.41) is 5.87. The van der Waals surface area contributed by atoms with Gasteiger partial charge >= 0.3 is 0 Å². The van der Waals surface area contributed by atoms with Gasteiger partial charge in [-0.1, -0.05) is 12.1 Å². The Morgan fingerprint density at radius 2 is 1.93 bits per heavy atom. The van der Waals surface area contributed by atoms with Gasteiger partial charge in [0.25, 0.3) is 5.91 Å². The molecule has 0 saturated heterocycles. The Hall–Kier alpha value is -4.06. The molecular formula is C23H17N5O. The Kier molecular flexibility index (Phi) is 4.02. The van der Waals surface area contributed by atoms with E-state index in [9.17, 15) is 4.79 Å². The number of H-pyrrole nitrogens is 1. The number of nitrogens with zero attached hydrogens (tertiary/aromatic N) is 3. The number of carbonyl (C=O) groups excluding carboxylic acids is 1. The second-order valence-electron chi connectivity index (χ2n) is 6.85. The van der Waals surface area contributed by atoms with Gasteiger partial charge in [0, 0.05) is 46.7 Å². The fourth-order valence-electron chi connectivity index (χ4n) is 3.45. The number of aromatic nitrogens is 4. The smallest absolute Gasteiger partial charge is 0.256 e. The van der Waals surface area contributed by atoms with Crippen molar-refractivity contribution >= 4 is 33.5 Å². The number of benzene rings is 1. The number of hydrogen-bond donors (Lipinski definition) is 2. The minimum Gasteiger partial charge on any atom is -0.346 e. The lowest BCUT2D eigenvalue weighted by Gasteiger charge is -2.10. The van der Waals surface area contributed by atoms with Crippen molar-refractivity contribution in [3.63, 3.8) is 0 Å². The van der Waals surface area contributed by atoms with Crippen LogP contribution >= 0.6 is 0 Å². The highest BCUT2D eigenvalue weighted by Crippen LogP contribution is 2.29. The second kappa shape index (κ2) is 6.83. The van der Waals surface area contributed by atoms with Crippen molar-refractivity contribution in [2.75, 3.05) is 5.32 Å². The molecule has 5 rings (SSSR count). The van der Waals surface area contributed by atoms with Crippen LogP contribution in [-0.2, 0) is 0 Å². The van der Waals surface area contributed by atoms with Gasteiger partial charge in [-0.15, -0.1) is 0 Å². The number of pyridine rings is 3. The molecule has 0 aliphatic heterocycles. The third-order valence-electron chi connectivity index (χ3n) is 4.96. The molecule has 5 aromatic rings. The standard InChI is InChI=1S/C23H17N5O/c1-14-2-5-20(27-21(14)18-7-10-25-22-19(18)8-11-26-22)28-23(29)16-3-4-17-13-24-9-6-15(17)12-16/h2-13H,1H3,(H,25,26)(H,27,28,29). The average molecular weight is 379 g/mol. The molecule has 0 unspecified atom stereocenters. The number of amides is 1. The summed E-state index contributed by atoms with van der Waals surface area (Å²) in [6.45, 7) is 2.00. The molecular weight excluding hydrogens is 362 g/mol. The summed E-state index contributed by atoms with van der Waals surface area (Å²) in [4.78, 5) is 29.1. The lowest BCUT2D eigenvalue weighted by atomic mass is 10.0. The summed E-state index contributed by atoms with van der Waals surface area (Å²) >= 11 is 0. The van der Waals surface area contributed by atoms with E-state index >= 15 is 0 Å². The van der Waals surface area contributed by atoms with Crippen molar-refractivity contribution in [3.05, 3.63) is 84.4 Å². The van der Waals surface area contributed by atoms with Crippen LogP contribution in [0.15, 0.2) is 73.3 Å². The molecule has 6 nitrogen and oxygen atoms in total. The molecule has 29 heavy (non-hydrogen) atoms. The molecule has 0 aliphatic carbocycles. The molecule has 4 heterocycles. The number of hydrogen-bond acceptors (Lipinski definition) is 4.